The molecule has 3 rings (SSSR count). The first-order chi connectivity index (χ1) is 14.6. The van der Waals surface area contributed by atoms with Crippen LogP contribution >= 0.6 is 22.9 Å². The Bertz CT molecular complexity index is 1110. The van der Waals surface area contributed by atoms with E-state index in [0.29, 0.717) is 38.6 Å². The molecule has 3 aromatic rings. The predicted octanol–water partition coefficient (Wildman–Crippen LogP) is 5.87. The van der Waals surface area contributed by atoms with Crippen LogP contribution in [0.1, 0.15) is 65.3 Å². The smallest absolute Gasteiger partial charge is 0.344 e. The highest BCUT2D eigenvalue weighted by molar-refractivity contribution is 7.14. The molecule has 31 heavy (non-hydrogen) atoms. The van der Waals surface area contributed by atoms with Gasteiger partial charge in [-0.15, -0.1) is 11.3 Å². The number of nitrogens with zero attached hydrogens (tertiary/aromatic N) is 3. The Balaban J connectivity index is 1.82. The highest BCUT2D eigenvalue weighted by Gasteiger charge is 2.25. The fourth-order valence-electron chi connectivity index (χ4n) is 3.29. The number of aromatic nitrogens is 2. The standard InChI is InChI=1S/C22H24ClN3O4S/c1-11(2)20-18(14(5)25-30-20)21(28)29-9-16-10-31-22(24-16)26(15(6)27)19-13(4)7-12(3)8-17(19)23/h7-8,10-11H,9H2,1-6H3. The van der Waals surface area contributed by atoms with E-state index in [0.717, 1.165) is 11.1 Å². The maximum atomic E-state index is 12.6. The Morgan fingerprint density at radius 3 is 2.58 bits per heavy atom. The third kappa shape index (κ3) is 4.80. The number of ether oxygens (including phenoxy) is 1. The van der Waals surface area contributed by atoms with E-state index in [1.54, 1.807) is 12.3 Å². The summed E-state index contributed by atoms with van der Waals surface area (Å²) in [4.78, 5) is 31.0. The Kier molecular flexibility index (Phi) is 6.81. The van der Waals surface area contributed by atoms with E-state index in [4.69, 9.17) is 20.9 Å². The van der Waals surface area contributed by atoms with Crippen molar-refractivity contribution in [3.05, 3.63) is 56.4 Å². The van der Waals surface area contributed by atoms with E-state index in [1.165, 1.54) is 23.2 Å². The van der Waals surface area contributed by atoms with Crippen molar-refractivity contribution >= 4 is 45.6 Å². The van der Waals surface area contributed by atoms with E-state index in [-0.39, 0.29) is 18.4 Å². The molecule has 0 radical (unpaired) electrons. The third-order valence-electron chi connectivity index (χ3n) is 4.64. The Labute approximate surface area is 190 Å². The van der Waals surface area contributed by atoms with Crippen molar-refractivity contribution in [3.8, 4) is 0 Å². The summed E-state index contributed by atoms with van der Waals surface area (Å²) in [6, 6.07) is 3.77. The lowest BCUT2D eigenvalue weighted by Crippen LogP contribution is -2.24. The topological polar surface area (TPSA) is 85.5 Å². The molecule has 0 unspecified atom stereocenters. The zero-order chi connectivity index (χ0) is 22.9. The van der Waals surface area contributed by atoms with Crippen molar-refractivity contribution in [1.29, 1.82) is 0 Å². The minimum atomic E-state index is -0.516. The number of amides is 1. The van der Waals surface area contributed by atoms with Crippen LogP contribution in [-0.2, 0) is 16.1 Å². The van der Waals surface area contributed by atoms with Gasteiger partial charge in [-0.2, -0.15) is 0 Å². The molecule has 7 nitrogen and oxygen atoms in total. The van der Waals surface area contributed by atoms with E-state index in [2.05, 4.69) is 10.1 Å². The molecule has 2 heterocycles. The van der Waals surface area contributed by atoms with Crippen molar-refractivity contribution in [2.24, 2.45) is 0 Å². The zero-order valence-corrected chi connectivity index (χ0v) is 19.8. The van der Waals surface area contributed by atoms with E-state index >= 15 is 0 Å². The molecular weight excluding hydrogens is 438 g/mol. The van der Waals surface area contributed by atoms with Crippen LogP contribution < -0.4 is 4.90 Å². The van der Waals surface area contributed by atoms with Crippen molar-refractivity contribution < 1.29 is 18.8 Å². The van der Waals surface area contributed by atoms with Gasteiger partial charge in [0, 0.05) is 18.2 Å². The maximum absolute atomic E-state index is 12.6. The van der Waals surface area contributed by atoms with Gasteiger partial charge in [0.05, 0.1) is 22.1 Å². The second-order valence-corrected chi connectivity index (χ2v) is 8.87. The van der Waals surface area contributed by atoms with Gasteiger partial charge < -0.3 is 9.26 Å². The van der Waals surface area contributed by atoms with E-state index in [1.807, 2.05) is 39.8 Å². The number of hydrogen-bond acceptors (Lipinski definition) is 7. The summed E-state index contributed by atoms with van der Waals surface area (Å²) >= 11 is 7.72. The second-order valence-electron chi connectivity index (χ2n) is 7.63. The van der Waals surface area contributed by atoms with Crippen molar-refractivity contribution in [2.45, 2.75) is 54.1 Å². The molecule has 0 aliphatic heterocycles. The summed E-state index contributed by atoms with van der Waals surface area (Å²) in [6.07, 6.45) is 0. The number of aryl methyl sites for hydroxylation is 3. The van der Waals surface area contributed by atoms with Crippen LogP contribution in [-0.4, -0.2) is 22.0 Å². The maximum Gasteiger partial charge on any atom is 0.344 e. The van der Waals surface area contributed by atoms with Gasteiger partial charge in [0.25, 0.3) is 0 Å². The van der Waals surface area contributed by atoms with Gasteiger partial charge in [-0.3, -0.25) is 9.69 Å². The van der Waals surface area contributed by atoms with Crippen LogP contribution in [0.2, 0.25) is 5.02 Å². The lowest BCUT2D eigenvalue weighted by atomic mass is 10.1. The number of esters is 1. The van der Waals surface area contributed by atoms with Crippen molar-refractivity contribution in [1.82, 2.24) is 10.1 Å². The fraction of sp³-hybridized carbons (Fsp3) is 0.364. The first-order valence-corrected chi connectivity index (χ1v) is 11.0. The molecule has 164 valence electrons. The molecule has 0 bridgehead atoms. The summed E-state index contributed by atoms with van der Waals surface area (Å²) in [7, 11) is 0. The number of carbonyl (C=O) groups is 2. The molecule has 0 spiro atoms. The molecule has 0 saturated heterocycles. The first kappa shape index (κ1) is 23.0. The summed E-state index contributed by atoms with van der Waals surface area (Å²) in [5.41, 5.74) is 3.83. The quantitative estimate of drug-likeness (QED) is 0.426. The second kappa shape index (κ2) is 9.20. The number of hydrogen-bond donors (Lipinski definition) is 0. The molecule has 0 atom stereocenters. The van der Waals surface area contributed by atoms with Crippen molar-refractivity contribution in [3.63, 3.8) is 0 Å². The minimum Gasteiger partial charge on any atom is -0.455 e. The average Bonchev–Trinajstić information content (AvgIpc) is 3.28. The predicted molar refractivity (Wildman–Crippen MR) is 120 cm³/mol. The van der Waals surface area contributed by atoms with Crippen molar-refractivity contribution in [2.75, 3.05) is 4.90 Å². The zero-order valence-electron chi connectivity index (χ0n) is 18.3. The highest BCUT2D eigenvalue weighted by atomic mass is 35.5. The van der Waals surface area contributed by atoms with Gasteiger partial charge in [0.15, 0.2) is 10.9 Å². The minimum absolute atomic E-state index is 0.00115. The summed E-state index contributed by atoms with van der Waals surface area (Å²) in [5, 5.41) is 6.55. The largest absolute Gasteiger partial charge is 0.455 e. The van der Waals surface area contributed by atoms with Crippen LogP contribution in [0.15, 0.2) is 22.0 Å². The van der Waals surface area contributed by atoms with Gasteiger partial charge in [0.1, 0.15) is 12.2 Å². The molecule has 1 aromatic carbocycles. The van der Waals surface area contributed by atoms with Gasteiger partial charge in [-0.25, -0.2) is 9.78 Å². The summed E-state index contributed by atoms with van der Waals surface area (Å²) in [5.74, 6) is -0.235. The first-order valence-electron chi connectivity index (χ1n) is 9.75. The number of benzene rings is 1. The number of carbonyl (C=O) groups excluding carboxylic acids is 2. The van der Waals surface area contributed by atoms with Gasteiger partial charge in [-0.1, -0.05) is 36.7 Å². The summed E-state index contributed by atoms with van der Waals surface area (Å²) in [6.45, 7) is 10.8. The molecule has 2 aromatic heterocycles. The lowest BCUT2D eigenvalue weighted by Gasteiger charge is -2.22. The van der Waals surface area contributed by atoms with Crippen LogP contribution in [0.3, 0.4) is 0 Å². The molecule has 1 amide bonds. The highest BCUT2D eigenvalue weighted by Crippen LogP contribution is 2.37. The summed E-state index contributed by atoms with van der Waals surface area (Å²) < 4.78 is 10.7. The molecule has 0 aliphatic carbocycles. The number of rotatable bonds is 6. The van der Waals surface area contributed by atoms with Crippen LogP contribution in [0.4, 0.5) is 10.8 Å². The third-order valence-corrected chi connectivity index (χ3v) is 5.80. The SMILES string of the molecule is CC(=O)N(c1nc(COC(=O)c2c(C)noc2C(C)C)cs1)c1c(C)cc(C)cc1Cl. The van der Waals surface area contributed by atoms with Gasteiger partial charge in [-0.05, 0) is 38.0 Å². The number of thiazole rings is 1. The Hall–Kier alpha value is -2.71. The molecule has 9 heteroatoms. The number of anilines is 2. The molecular formula is C22H24ClN3O4S. The molecule has 0 fully saturated rings. The Morgan fingerprint density at radius 1 is 1.26 bits per heavy atom. The molecule has 0 N–H and O–H groups in total. The molecule has 0 saturated carbocycles. The molecule has 0 aliphatic rings. The van der Waals surface area contributed by atoms with E-state index in [9.17, 15) is 9.59 Å². The monoisotopic (exact) mass is 461 g/mol. The van der Waals surface area contributed by atoms with Crippen LogP contribution in [0.5, 0.6) is 0 Å². The Morgan fingerprint density at radius 2 is 1.97 bits per heavy atom. The normalized spacial score (nSPS) is 11.1. The number of halogens is 1. The van der Waals surface area contributed by atoms with Gasteiger partial charge >= 0.3 is 5.97 Å². The van der Waals surface area contributed by atoms with E-state index < -0.39 is 5.97 Å². The van der Waals surface area contributed by atoms with Gasteiger partial charge in [0.2, 0.25) is 5.91 Å². The fourth-order valence-corrected chi connectivity index (χ4v) is 4.55. The van der Waals surface area contributed by atoms with Crippen LogP contribution in [0.25, 0.3) is 0 Å². The van der Waals surface area contributed by atoms with Crippen LogP contribution in [0, 0.1) is 20.8 Å². The lowest BCUT2D eigenvalue weighted by molar-refractivity contribution is -0.115. The average molecular weight is 462 g/mol.